The first-order valence-corrected chi connectivity index (χ1v) is 8.44. The first kappa shape index (κ1) is 16.8. The van der Waals surface area contributed by atoms with Crippen LogP contribution in [0.25, 0.3) is 0 Å². The topological polar surface area (TPSA) is 78.7 Å². The average molecular weight is 324 g/mol. The molecule has 2 rings (SSSR count). The number of hydrogen-bond acceptors (Lipinski definition) is 4. The molecular formula is C15H24N4O2S. The first-order chi connectivity index (χ1) is 10.5. The number of piperidine rings is 1. The van der Waals surface area contributed by atoms with Gasteiger partial charge in [0.25, 0.3) is 0 Å². The largest absolute Gasteiger partial charge is 0.354 e. The third kappa shape index (κ3) is 4.20. The first-order valence-electron chi connectivity index (χ1n) is 7.49. The van der Waals surface area contributed by atoms with Crippen molar-refractivity contribution in [2.24, 2.45) is 11.7 Å². The second kappa shape index (κ2) is 7.60. The number of carbonyl (C=O) groups is 2. The molecular weight excluding hydrogens is 300 g/mol. The maximum atomic E-state index is 12.3. The molecule has 6 nitrogen and oxygen atoms in total. The lowest BCUT2D eigenvalue weighted by Gasteiger charge is -2.31. The molecule has 0 unspecified atom stereocenters. The van der Waals surface area contributed by atoms with Crippen molar-refractivity contribution in [3.8, 4) is 0 Å². The number of rotatable bonds is 5. The van der Waals surface area contributed by atoms with Gasteiger partial charge in [-0.3, -0.25) is 4.79 Å². The van der Waals surface area contributed by atoms with Crippen LogP contribution in [-0.2, 0) is 4.79 Å². The van der Waals surface area contributed by atoms with E-state index in [2.05, 4.69) is 21.7 Å². The number of likely N-dealkylation sites (tertiary alicyclic amines) is 1. The van der Waals surface area contributed by atoms with Crippen LogP contribution in [0.2, 0.25) is 0 Å². The van der Waals surface area contributed by atoms with Crippen molar-refractivity contribution in [1.82, 2.24) is 15.1 Å². The molecule has 0 spiro atoms. The van der Waals surface area contributed by atoms with Gasteiger partial charge in [-0.25, -0.2) is 4.79 Å². The third-order valence-corrected chi connectivity index (χ3v) is 4.90. The zero-order chi connectivity index (χ0) is 16.1. The Hall–Kier alpha value is -1.60. The van der Waals surface area contributed by atoms with E-state index >= 15 is 0 Å². The molecule has 22 heavy (non-hydrogen) atoms. The number of carbonyl (C=O) groups excluding carboxylic acids is 2. The van der Waals surface area contributed by atoms with Crippen LogP contribution >= 0.6 is 11.3 Å². The van der Waals surface area contributed by atoms with E-state index in [1.165, 1.54) is 5.56 Å². The zero-order valence-electron chi connectivity index (χ0n) is 13.1. The Labute approximate surface area is 135 Å². The fraction of sp³-hybridized carbons (Fsp3) is 0.600. The quantitative estimate of drug-likeness (QED) is 0.856. The SMILES string of the molecule is CN(C)[C@@H](CNC(=O)C1CCN(C(N)=O)CC1)c1ccsc1. The number of primary amides is 1. The molecule has 7 heteroatoms. The molecule has 122 valence electrons. The maximum absolute atomic E-state index is 12.3. The summed E-state index contributed by atoms with van der Waals surface area (Å²) < 4.78 is 0. The molecule has 0 aromatic carbocycles. The number of nitrogens with zero attached hydrogens (tertiary/aromatic N) is 2. The van der Waals surface area contributed by atoms with Crippen molar-refractivity contribution in [2.45, 2.75) is 18.9 Å². The molecule has 0 bridgehead atoms. The van der Waals surface area contributed by atoms with Gasteiger partial charge in [0.05, 0.1) is 6.04 Å². The average Bonchev–Trinajstić information content (AvgIpc) is 3.01. The van der Waals surface area contributed by atoms with Crippen molar-refractivity contribution in [3.63, 3.8) is 0 Å². The van der Waals surface area contributed by atoms with Crippen LogP contribution in [0, 0.1) is 5.92 Å². The Morgan fingerprint density at radius 3 is 2.64 bits per heavy atom. The van der Waals surface area contributed by atoms with Crippen LogP contribution < -0.4 is 11.1 Å². The predicted molar refractivity (Wildman–Crippen MR) is 87.6 cm³/mol. The number of nitrogens with one attached hydrogen (secondary N) is 1. The van der Waals surface area contributed by atoms with Crippen molar-refractivity contribution in [2.75, 3.05) is 33.7 Å². The molecule has 0 aliphatic carbocycles. The summed E-state index contributed by atoms with van der Waals surface area (Å²) in [6.07, 6.45) is 1.36. The van der Waals surface area contributed by atoms with Crippen molar-refractivity contribution in [3.05, 3.63) is 22.4 Å². The molecule has 3 N–H and O–H groups in total. The molecule has 1 aromatic heterocycles. The highest BCUT2D eigenvalue weighted by molar-refractivity contribution is 7.07. The smallest absolute Gasteiger partial charge is 0.314 e. The fourth-order valence-corrected chi connectivity index (χ4v) is 3.47. The van der Waals surface area contributed by atoms with Crippen LogP contribution in [0.1, 0.15) is 24.4 Å². The van der Waals surface area contributed by atoms with Gasteiger partial charge in [0.2, 0.25) is 5.91 Å². The number of urea groups is 1. The summed E-state index contributed by atoms with van der Waals surface area (Å²) in [5.74, 6) is 0.0482. The summed E-state index contributed by atoms with van der Waals surface area (Å²) in [5.41, 5.74) is 6.48. The van der Waals surface area contributed by atoms with Gasteiger partial charge in [0.1, 0.15) is 0 Å². The van der Waals surface area contributed by atoms with E-state index in [1.807, 2.05) is 19.5 Å². The van der Waals surface area contributed by atoms with Crippen LogP contribution in [0.4, 0.5) is 4.79 Å². The number of thiophene rings is 1. The molecule has 1 saturated heterocycles. The third-order valence-electron chi connectivity index (χ3n) is 4.20. The second-order valence-electron chi connectivity index (χ2n) is 5.88. The molecule has 1 aliphatic rings. The molecule has 3 amide bonds. The minimum Gasteiger partial charge on any atom is -0.354 e. The van der Waals surface area contributed by atoms with Gasteiger partial charge >= 0.3 is 6.03 Å². The van der Waals surface area contributed by atoms with E-state index in [9.17, 15) is 9.59 Å². The van der Waals surface area contributed by atoms with E-state index in [-0.39, 0.29) is 17.9 Å². The van der Waals surface area contributed by atoms with Gasteiger partial charge < -0.3 is 20.9 Å². The number of amides is 3. The number of likely N-dealkylation sites (N-methyl/N-ethyl adjacent to an activating group) is 1. The summed E-state index contributed by atoms with van der Waals surface area (Å²) in [6, 6.07) is 1.87. The summed E-state index contributed by atoms with van der Waals surface area (Å²) in [6.45, 7) is 1.72. The molecule has 0 saturated carbocycles. The molecule has 1 aromatic rings. The maximum Gasteiger partial charge on any atom is 0.314 e. The normalized spacial score (nSPS) is 17.5. The highest BCUT2D eigenvalue weighted by Gasteiger charge is 2.27. The molecule has 1 aliphatic heterocycles. The highest BCUT2D eigenvalue weighted by atomic mass is 32.1. The van der Waals surface area contributed by atoms with Gasteiger partial charge in [0.15, 0.2) is 0 Å². The molecule has 1 atom stereocenters. The van der Waals surface area contributed by atoms with E-state index < -0.39 is 6.03 Å². The Kier molecular flexibility index (Phi) is 5.79. The lowest BCUT2D eigenvalue weighted by atomic mass is 9.96. The second-order valence-corrected chi connectivity index (χ2v) is 6.66. The van der Waals surface area contributed by atoms with Gasteiger partial charge in [-0.05, 0) is 49.3 Å². The van der Waals surface area contributed by atoms with Crippen LogP contribution in [0.3, 0.4) is 0 Å². The van der Waals surface area contributed by atoms with E-state index in [4.69, 9.17) is 5.73 Å². The monoisotopic (exact) mass is 324 g/mol. The van der Waals surface area contributed by atoms with Gasteiger partial charge in [-0.2, -0.15) is 11.3 Å². The standard InChI is InChI=1S/C15H24N4O2S/c1-18(2)13(12-5-8-22-10-12)9-17-14(20)11-3-6-19(7-4-11)15(16)21/h5,8,10-11,13H,3-4,6-7,9H2,1-2H3,(H2,16,21)(H,17,20)/t13-/m0/s1. The van der Waals surface area contributed by atoms with Crippen molar-refractivity contribution >= 4 is 23.3 Å². The Morgan fingerprint density at radius 2 is 2.14 bits per heavy atom. The van der Waals surface area contributed by atoms with Crippen LogP contribution in [0.5, 0.6) is 0 Å². The van der Waals surface area contributed by atoms with Crippen molar-refractivity contribution < 1.29 is 9.59 Å². The highest BCUT2D eigenvalue weighted by Crippen LogP contribution is 2.21. The van der Waals surface area contributed by atoms with Crippen LogP contribution in [-0.4, -0.2) is 55.5 Å². The molecule has 2 heterocycles. The molecule has 1 fully saturated rings. The lowest BCUT2D eigenvalue weighted by Crippen LogP contribution is -2.46. The summed E-state index contributed by atoms with van der Waals surface area (Å²) in [7, 11) is 4.03. The predicted octanol–water partition coefficient (Wildman–Crippen LogP) is 1.26. The van der Waals surface area contributed by atoms with E-state index in [1.54, 1.807) is 16.2 Å². The molecule has 0 radical (unpaired) electrons. The van der Waals surface area contributed by atoms with Gasteiger partial charge in [0, 0.05) is 25.6 Å². The van der Waals surface area contributed by atoms with Gasteiger partial charge in [-0.1, -0.05) is 0 Å². The zero-order valence-corrected chi connectivity index (χ0v) is 13.9. The minimum atomic E-state index is -0.399. The van der Waals surface area contributed by atoms with Gasteiger partial charge in [-0.15, -0.1) is 0 Å². The summed E-state index contributed by atoms with van der Waals surface area (Å²) in [4.78, 5) is 27.1. The summed E-state index contributed by atoms with van der Waals surface area (Å²) in [5, 5.41) is 7.22. The van der Waals surface area contributed by atoms with Crippen LogP contribution in [0.15, 0.2) is 16.8 Å². The Bertz CT molecular complexity index is 496. The minimum absolute atomic E-state index is 0.0270. The van der Waals surface area contributed by atoms with Crippen molar-refractivity contribution in [1.29, 1.82) is 0 Å². The number of nitrogens with two attached hydrogens (primary N) is 1. The summed E-state index contributed by atoms with van der Waals surface area (Å²) >= 11 is 1.66. The Morgan fingerprint density at radius 1 is 1.45 bits per heavy atom. The van der Waals surface area contributed by atoms with E-state index in [0.29, 0.717) is 32.5 Å². The lowest BCUT2D eigenvalue weighted by molar-refractivity contribution is -0.126. The fourth-order valence-electron chi connectivity index (χ4n) is 2.77. The number of hydrogen-bond donors (Lipinski definition) is 2. The Balaban J connectivity index is 1.83. The van der Waals surface area contributed by atoms with E-state index in [0.717, 1.165) is 0 Å².